The molecule has 1 aromatic rings. The van der Waals surface area contributed by atoms with E-state index in [1.54, 1.807) is 19.1 Å². The number of halogens is 5. The first-order chi connectivity index (χ1) is 10.8. The molecule has 0 radical (unpaired) electrons. The van der Waals surface area contributed by atoms with Crippen molar-refractivity contribution in [2.75, 3.05) is 18.5 Å². The molecule has 0 aliphatic rings. The smallest absolute Gasteiger partial charge is 0.200 e. The van der Waals surface area contributed by atoms with Crippen molar-refractivity contribution in [1.29, 1.82) is 0 Å². The van der Waals surface area contributed by atoms with E-state index in [9.17, 15) is 22.0 Å². The van der Waals surface area contributed by atoms with E-state index in [2.05, 4.69) is 5.32 Å². The summed E-state index contributed by atoms with van der Waals surface area (Å²) in [5.41, 5.74) is 0.639. The van der Waals surface area contributed by atoms with Gasteiger partial charge in [-0.25, -0.2) is 22.0 Å². The third kappa shape index (κ3) is 5.06. The Morgan fingerprint density at radius 1 is 0.870 bits per heavy atom. The second-order valence-electron chi connectivity index (χ2n) is 5.12. The standard InChI is InChI=1S/C16H18F5NO/c1-9(6-7-23)4-3-5-10(2)8-22-16-14(20)12(18)11(17)13(19)15(16)21/h5-6,22-23H,3-4,7-8H2,1-2H3/b9-6+,10-5+. The molecule has 2 N–H and O–H groups in total. The van der Waals surface area contributed by atoms with E-state index in [4.69, 9.17) is 5.11 Å². The van der Waals surface area contributed by atoms with Crippen molar-refractivity contribution in [2.24, 2.45) is 0 Å². The molecule has 0 amide bonds. The lowest BCUT2D eigenvalue weighted by Gasteiger charge is -2.11. The van der Waals surface area contributed by atoms with Gasteiger partial charge in [-0.15, -0.1) is 0 Å². The van der Waals surface area contributed by atoms with Crippen LogP contribution in [0.3, 0.4) is 0 Å². The van der Waals surface area contributed by atoms with Crippen LogP contribution in [0.4, 0.5) is 27.6 Å². The molecule has 0 saturated heterocycles. The zero-order valence-electron chi connectivity index (χ0n) is 12.8. The first-order valence-electron chi connectivity index (χ1n) is 6.97. The van der Waals surface area contributed by atoms with Gasteiger partial charge in [0.1, 0.15) is 5.69 Å². The molecule has 0 fully saturated rings. The fraction of sp³-hybridized carbons (Fsp3) is 0.375. The Kier molecular flexibility index (Phi) is 7.22. The Labute approximate surface area is 131 Å². The highest BCUT2D eigenvalue weighted by molar-refractivity contribution is 5.48. The first-order valence-corrected chi connectivity index (χ1v) is 6.97. The Balaban J connectivity index is 2.74. The molecule has 0 aliphatic carbocycles. The first kappa shape index (κ1) is 19.2. The van der Waals surface area contributed by atoms with Gasteiger partial charge in [0.2, 0.25) is 5.82 Å². The third-order valence-electron chi connectivity index (χ3n) is 3.23. The van der Waals surface area contributed by atoms with Gasteiger partial charge >= 0.3 is 0 Å². The highest BCUT2D eigenvalue weighted by Crippen LogP contribution is 2.27. The number of nitrogens with one attached hydrogen (secondary N) is 1. The third-order valence-corrected chi connectivity index (χ3v) is 3.23. The van der Waals surface area contributed by atoms with Crippen molar-refractivity contribution in [2.45, 2.75) is 26.7 Å². The number of allylic oxidation sites excluding steroid dienone is 2. The van der Waals surface area contributed by atoms with Gasteiger partial charge in [0.05, 0.1) is 6.61 Å². The lowest BCUT2D eigenvalue weighted by Crippen LogP contribution is -2.11. The highest BCUT2D eigenvalue weighted by atomic mass is 19.2. The molecule has 0 atom stereocenters. The predicted molar refractivity (Wildman–Crippen MR) is 78.6 cm³/mol. The fourth-order valence-corrected chi connectivity index (χ4v) is 1.86. The number of aliphatic hydroxyl groups excluding tert-OH is 1. The lowest BCUT2D eigenvalue weighted by atomic mass is 10.1. The summed E-state index contributed by atoms with van der Waals surface area (Å²) < 4.78 is 65.9. The Hall–Kier alpha value is -1.89. The minimum Gasteiger partial charge on any atom is -0.392 e. The summed E-state index contributed by atoms with van der Waals surface area (Å²) in [5.74, 6) is -9.88. The van der Waals surface area contributed by atoms with Crippen LogP contribution in [0.2, 0.25) is 0 Å². The molecule has 128 valence electrons. The van der Waals surface area contributed by atoms with Crippen molar-refractivity contribution < 1.29 is 27.1 Å². The molecule has 0 bridgehead atoms. The van der Waals surface area contributed by atoms with Gasteiger partial charge in [0.15, 0.2) is 23.3 Å². The molecule has 1 rings (SSSR count). The number of anilines is 1. The number of rotatable bonds is 7. The van der Waals surface area contributed by atoms with E-state index in [1.807, 2.05) is 6.92 Å². The summed E-state index contributed by atoms with van der Waals surface area (Å²) in [7, 11) is 0. The van der Waals surface area contributed by atoms with Gasteiger partial charge in [-0.1, -0.05) is 23.3 Å². The minimum atomic E-state index is -2.18. The van der Waals surface area contributed by atoms with E-state index >= 15 is 0 Å². The molecule has 0 unspecified atom stereocenters. The highest BCUT2D eigenvalue weighted by Gasteiger charge is 2.25. The predicted octanol–water partition coefficient (Wildman–Crippen LogP) is 4.46. The normalized spacial score (nSPS) is 12.7. The maximum atomic E-state index is 13.5. The average molecular weight is 335 g/mol. The number of hydrogen-bond donors (Lipinski definition) is 2. The number of aliphatic hydroxyl groups is 1. The van der Waals surface area contributed by atoms with Gasteiger partial charge < -0.3 is 10.4 Å². The van der Waals surface area contributed by atoms with E-state index in [1.165, 1.54) is 0 Å². The summed E-state index contributed by atoms with van der Waals surface area (Å²) in [6.45, 7) is 3.42. The van der Waals surface area contributed by atoms with Crippen molar-refractivity contribution >= 4 is 5.69 Å². The summed E-state index contributed by atoms with van der Waals surface area (Å²) in [4.78, 5) is 0. The van der Waals surface area contributed by atoms with Gasteiger partial charge in [-0.3, -0.25) is 0 Å². The zero-order chi connectivity index (χ0) is 17.6. The topological polar surface area (TPSA) is 32.3 Å². The molecule has 0 aromatic heterocycles. The Morgan fingerprint density at radius 3 is 1.91 bits per heavy atom. The summed E-state index contributed by atoms with van der Waals surface area (Å²) >= 11 is 0. The zero-order valence-corrected chi connectivity index (χ0v) is 12.8. The molecule has 2 nitrogen and oxygen atoms in total. The van der Waals surface area contributed by atoms with E-state index < -0.39 is 34.8 Å². The molecule has 0 saturated carbocycles. The number of hydrogen-bond acceptors (Lipinski definition) is 2. The largest absolute Gasteiger partial charge is 0.392 e. The van der Waals surface area contributed by atoms with Gasteiger partial charge in [-0.2, -0.15) is 0 Å². The summed E-state index contributed by atoms with van der Waals surface area (Å²) in [5, 5.41) is 10.9. The van der Waals surface area contributed by atoms with Crippen LogP contribution in [0, 0.1) is 29.1 Å². The van der Waals surface area contributed by atoms with Crippen LogP contribution in [-0.4, -0.2) is 18.3 Å². The van der Waals surface area contributed by atoms with Crippen molar-refractivity contribution in [1.82, 2.24) is 0 Å². The summed E-state index contributed by atoms with van der Waals surface area (Å²) in [6.07, 6.45) is 4.78. The number of benzene rings is 1. The van der Waals surface area contributed by atoms with E-state index in [-0.39, 0.29) is 13.2 Å². The Bertz CT molecular complexity index is 596. The molecule has 23 heavy (non-hydrogen) atoms. The molecular formula is C16H18F5NO. The van der Waals surface area contributed by atoms with Crippen LogP contribution in [0.15, 0.2) is 23.3 Å². The van der Waals surface area contributed by atoms with Crippen LogP contribution in [0.1, 0.15) is 26.7 Å². The second kappa shape index (κ2) is 8.67. The minimum absolute atomic E-state index is 0.0453. The van der Waals surface area contributed by atoms with Crippen molar-refractivity contribution in [3.8, 4) is 0 Å². The maximum Gasteiger partial charge on any atom is 0.200 e. The second-order valence-corrected chi connectivity index (χ2v) is 5.12. The lowest BCUT2D eigenvalue weighted by molar-refractivity contribution is 0.341. The van der Waals surface area contributed by atoms with E-state index in [0.29, 0.717) is 18.4 Å². The van der Waals surface area contributed by atoms with Crippen LogP contribution in [0.25, 0.3) is 0 Å². The van der Waals surface area contributed by atoms with Gasteiger partial charge in [0.25, 0.3) is 0 Å². The molecular weight excluding hydrogens is 317 g/mol. The molecule has 1 aromatic carbocycles. The molecule has 0 spiro atoms. The fourth-order valence-electron chi connectivity index (χ4n) is 1.86. The SMILES string of the molecule is C/C(=C\CO)CC/C=C(\C)CNc1c(F)c(F)c(F)c(F)c1F. The average Bonchev–Trinajstić information content (AvgIpc) is 2.51. The summed E-state index contributed by atoms with van der Waals surface area (Å²) in [6, 6.07) is 0. The van der Waals surface area contributed by atoms with Gasteiger partial charge in [-0.05, 0) is 26.7 Å². The van der Waals surface area contributed by atoms with Crippen LogP contribution >= 0.6 is 0 Å². The van der Waals surface area contributed by atoms with Crippen LogP contribution in [-0.2, 0) is 0 Å². The monoisotopic (exact) mass is 335 g/mol. The maximum absolute atomic E-state index is 13.5. The van der Waals surface area contributed by atoms with Crippen LogP contribution < -0.4 is 5.32 Å². The quantitative estimate of drug-likeness (QED) is 0.334. The molecule has 7 heteroatoms. The van der Waals surface area contributed by atoms with Crippen LogP contribution in [0.5, 0.6) is 0 Å². The van der Waals surface area contributed by atoms with E-state index in [0.717, 1.165) is 5.57 Å². The van der Waals surface area contributed by atoms with Gasteiger partial charge in [0, 0.05) is 6.54 Å². The van der Waals surface area contributed by atoms with Crippen molar-refractivity contribution in [3.05, 3.63) is 52.4 Å². The molecule has 0 heterocycles. The Morgan fingerprint density at radius 2 is 1.39 bits per heavy atom. The van der Waals surface area contributed by atoms with Crippen molar-refractivity contribution in [3.63, 3.8) is 0 Å². The molecule has 0 aliphatic heterocycles.